The van der Waals surface area contributed by atoms with Crippen LogP contribution in [-0.2, 0) is 5.41 Å². The van der Waals surface area contributed by atoms with E-state index in [-0.39, 0.29) is 11.3 Å². The number of carbonyl (C=O) groups excluding carboxylic acids is 1. The van der Waals surface area contributed by atoms with Gasteiger partial charge < -0.3 is 4.90 Å². The van der Waals surface area contributed by atoms with Crippen LogP contribution in [0.1, 0.15) is 34.3 Å². The maximum atomic E-state index is 13.4. The van der Waals surface area contributed by atoms with Crippen molar-refractivity contribution in [2.24, 2.45) is 0 Å². The molecule has 2 aromatic carbocycles. The highest BCUT2D eigenvalue weighted by atomic mass is 35.5. The zero-order valence-electron chi connectivity index (χ0n) is 18.9. The minimum absolute atomic E-state index is 0.0742. The van der Waals surface area contributed by atoms with E-state index in [1.807, 2.05) is 53.4 Å². The molecule has 180 valence electrons. The second-order valence-electron chi connectivity index (χ2n) is 9.06. The molecule has 0 aliphatic carbocycles. The number of rotatable bonds is 4. The van der Waals surface area contributed by atoms with Gasteiger partial charge in [-0.2, -0.15) is 0 Å². The van der Waals surface area contributed by atoms with Gasteiger partial charge in [-0.1, -0.05) is 64.6 Å². The van der Waals surface area contributed by atoms with E-state index in [9.17, 15) is 4.79 Å². The predicted octanol–water partition coefficient (Wildman–Crippen LogP) is 7.32. The minimum Gasteiger partial charge on any atom is -0.307 e. The molecule has 4 nitrogen and oxygen atoms in total. The van der Waals surface area contributed by atoms with E-state index < -0.39 is 0 Å². The molecular weight excluding hydrogens is 524 g/mol. The van der Waals surface area contributed by atoms with Crippen molar-refractivity contribution < 1.29 is 4.79 Å². The maximum absolute atomic E-state index is 13.4. The first-order chi connectivity index (χ1) is 16.8. The van der Waals surface area contributed by atoms with Crippen LogP contribution in [0, 0.1) is 0 Å². The maximum Gasteiger partial charge on any atom is 0.258 e. The summed E-state index contributed by atoms with van der Waals surface area (Å²) < 4.78 is 0. The van der Waals surface area contributed by atoms with Crippen LogP contribution in [0.25, 0.3) is 5.03 Å². The Morgan fingerprint density at radius 2 is 1.66 bits per heavy atom. The Hall–Kier alpha value is -2.08. The molecule has 1 aromatic heterocycles. The number of hydrogen-bond acceptors (Lipinski definition) is 3. The van der Waals surface area contributed by atoms with Crippen LogP contribution in [0.5, 0.6) is 0 Å². The van der Waals surface area contributed by atoms with Crippen LogP contribution < -0.4 is 4.90 Å². The van der Waals surface area contributed by atoms with Gasteiger partial charge >= 0.3 is 0 Å². The summed E-state index contributed by atoms with van der Waals surface area (Å²) in [6, 6.07) is 16.7. The Morgan fingerprint density at radius 1 is 0.943 bits per heavy atom. The monoisotopic (exact) mass is 545 g/mol. The lowest BCUT2D eigenvalue weighted by atomic mass is 9.74. The molecule has 0 radical (unpaired) electrons. The van der Waals surface area contributed by atoms with Crippen molar-refractivity contribution in [1.29, 1.82) is 0 Å². The van der Waals surface area contributed by atoms with Crippen LogP contribution >= 0.6 is 46.4 Å². The fraction of sp³-hybridized carbons (Fsp3) is 0.259. The van der Waals surface area contributed by atoms with Gasteiger partial charge in [0, 0.05) is 51.0 Å². The number of likely N-dealkylation sites (tertiary alicyclic amines) is 1. The normalized spacial score (nSPS) is 17.6. The number of aromatic nitrogens is 1. The summed E-state index contributed by atoms with van der Waals surface area (Å²) in [6.07, 6.45) is 5.46. The summed E-state index contributed by atoms with van der Waals surface area (Å²) in [5, 5.41) is 2.40. The van der Waals surface area contributed by atoms with E-state index >= 15 is 0 Å². The standard InChI is InChI=1S/C27H23Cl4N3O/c28-20-3-1-18(2-4-20)23(30)8-12-33-13-9-27(10-14-33)17-34(24-6-5-21(29)16-22(24)27)26(35)19-7-11-32-25(31)15-19/h1-8,11,15-16H,9-10,12-14,17H2. The van der Waals surface area contributed by atoms with Crippen molar-refractivity contribution in [2.45, 2.75) is 18.3 Å². The van der Waals surface area contributed by atoms with Gasteiger partial charge in [0.05, 0.1) is 0 Å². The Bertz CT molecular complexity index is 1280. The van der Waals surface area contributed by atoms with Gasteiger partial charge in [-0.25, -0.2) is 4.98 Å². The van der Waals surface area contributed by atoms with Gasteiger partial charge in [-0.3, -0.25) is 9.69 Å². The minimum atomic E-state index is -0.132. The Kier molecular flexibility index (Phi) is 7.11. The lowest BCUT2D eigenvalue weighted by Crippen LogP contribution is -2.46. The third-order valence-corrected chi connectivity index (χ3v) is 8.03. The molecule has 0 unspecified atom stereocenters. The first kappa shape index (κ1) is 24.6. The quantitative estimate of drug-likeness (QED) is 0.322. The van der Waals surface area contributed by atoms with Crippen LogP contribution in [0.3, 0.4) is 0 Å². The Balaban J connectivity index is 1.33. The molecule has 0 saturated carbocycles. The van der Waals surface area contributed by atoms with E-state index in [1.165, 1.54) is 0 Å². The second-order valence-corrected chi connectivity index (χ2v) is 10.7. The summed E-state index contributed by atoms with van der Waals surface area (Å²) >= 11 is 25.0. The number of amides is 1. The van der Waals surface area contributed by atoms with Gasteiger partial charge in [0.2, 0.25) is 0 Å². The molecule has 1 fully saturated rings. The van der Waals surface area contributed by atoms with Gasteiger partial charge in [-0.15, -0.1) is 0 Å². The zero-order valence-corrected chi connectivity index (χ0v) is 21.9. The average molecular weight is 547 g/mol. The van der Waals surface area contributed by atoms with Crippen LogP contribution in [-0.4, -0.2) is 42.0 Å². The van der Waals surface area contributed by atoms with E-state index in [0.29, 0.717) is 32.3 Å². The third-order valence-electron chi connectivity index (χ3n) is 6.96. The second kappa shape index (κ2) is 10.1. The van der Waals surface area contributed by atoms with Crippen LogP contribution in [0.4, 0.5) is 5.69 Å². The first-order valence-electron chi connectivity index (χ1n) is 11.4. The summed E-state index contributed by atoms with van der Waals surface area (Å²) in [6.45, 7) is 3.18. The fourth-order valence-corrected chi connectivity index (χ4v) is 5.71. The molecule has 0 atom stereocenters. The highest BCUT2D eigenvalue weighted by molar-refractivity contribution is 6.48. The highest BCUT2D eigenvalue weighted by Crippen LogP contribution is 2.48. The van der Waals surface area contributed by atoms with Crippen molar-refractivity contribution in [2.75, 3.05) is 31.1 Å². The van der Waals surface area contributed by atoms with E-state index in [4.69, 9.17) is 46.4 Å². The lowest BCUT2D eigenvalue weighted by Gasteiger charge is -2.39. The molecule has 8 heteroatoms. The number of halogens is 4. The SMILES string of the molecule is O=C(c1ccnc(Cl)c1)N1CC2(CCN(CC=C(Cl)c3ccc(Cl)cc3)CC2)c2cc(Cl)ccc21. The molecule has 1 spiro atoms. The Morgan fingerprint density at radius 3 is 2.37 bits per heavy atom. The van der Waals surface area contributed by atoms with E-state index in [1.54, 1.807) is 18.3 Å². The van der Waals surface area contributed by atoms with Crippen molar-refractivity contribution >= 4 is 63.0 Å². The Labute approximate surface area is 225 Å². The smallest absolute Gasteiger partial charge is 0.258 e. The first-order valence-corrected chi connectivity index (χ1v) is 12.9. The largest absolute Gasteiger partial charge is 0.307 e. The topological polar surface area (TPSA) is 36.4 Å². The number of nitrogens with zero attached hydrogens (tertiary/aromatic N) is 3. The molecule has 1 saturated heterocycles. The van der Waals surface area contributed by atoms with Crippen molar-refractivity contribution in [3.8, 4) is 0 Å². The number of pyridine rings is 1. The number of benzene rings is 2. The molecule has 35 heavy (non-hydrogen) atoms. The number of hydrogen-bond donors (Lipinski definition) is 0. The highest BCUT2D eigenvalue weighted by Gasteiger charge is 2.46. The molecule has 2 aliphatic heterocycles. The molecule has 1 amide bonds. The number of carbonyl (C=O) groups is 1. The summed E-state index contributed by atoms with van der Waals surface area (Å²) in [5.74, 6) is -0.0742. The number of fused-ring (bicyclic) bond motifs is 2. The van der Waals surface area contributed by atoms with Crippen LogP contribution in [0.15, 0.2) is 66.9 Å². The van der Waals surface area contributed by atoms with E-state index in [0.717, 1.165) is 49.3 Å². The van der Waals surface area contributed by atoms with Gasteiger partial charge in [-0.05, 0) is 79.5 Å². The predicted molar refractivity (Wildman–Crippen MR) is 145 cm³/mol. The number of piperidine rings is 1. The lowest BCUT2D eigenvalue weighted by molar-refractivity contribution is 0.0977. The molecule has 0 N–H and O–H groups in total. The molecule has 0 bridgehead atoms. The molecular formula is C27H23Cl4N3O. The third kappa shape index (κ3) is 5.09. The summed E-state index contributed by atoms with van der Waals surface area (Å²) in [4.78, 5) is 21.7. The summed E-state index contributed by atoms with van der Waals surface area (Å²) in [5.41, 5.74) is 3.42. The van der Waals surface area contributed by atoms with Gasteiger partial charge in [0.15, 0.2) is 0 Å². The van der Waals surface area contributed by atoms with E-state index in [2.05, 4.69) is 9.88 Å². The molecule has 2 aliphatic rings. The van der Waals surface area contributed by atoms with Crippen molar-refractivity contribution in [1.82, 2.24) is 9.88 Å². The fourth-order valence-electron chi connectivity index (χ4n) is 5.04. The molecule has 5 rings (SSSR count). The summed E-state index contributed by atoms with van der Waals surface area (Å²) in [7, 11) is 0. The van der Waals surface area contributed by atoms with Crippen LogP contribution in [0.2, 0.25) is 15.2 Å². The number of anilines is 1. The molecule has 3 aromatic rings. The van der Waals surface area contributed by atoms with Crippen molar-refractivity contribution in [3.63, 3.8) is 0 Å². The van der Waals surface area contributed by atoms with Gasteiger partial charge in [0.1, 0.15) is 5.15 Å². The average Bonchev–Trinajstić information content (AvgIpc) is 3.16. The molecule has 3 heterocycles. The zero-order chi connectivity index (χ0) is 24.6. The van der Waals surface area contributed by atoms with Gasteiger partial charge in [0.25, 0.3) is 5.91 Å². The van der Waals surface area contributed by atoms with Crippen molar-refractivity contribution in [3.05, 3.63) is 98.8 Å².